The van der Waals surface area contributed by atoms with E-state index in [0.29, 0.717) is 5.56 Å². The first-order chi connectivity index (χ1) is 10.1. The van der Waals surface area contributed by atoms with Gasteiger partial charge in [-0.25, -0.2) is 4.98 Å². The molecule has 2 N–H and O–H groups in total. The third-order valence-electron chi connectivity index (χ3n) is 3.17. The molecule has 1 unspecified atom stereocenters. The standard InChI is InChI=1S/C16H21N3OS/c1-4-13(14-7-6-8-21-14)19-16(20)12-9-11(3)18-15(10-12)17-5-2/h6-10,13H,4-5H2,1-3H3,(H,17,18)(H,19,20). The summed E-state index contributed by atoms with van der Waals surface area (Å²) in [5.74, 6) is 0.687. The maximum absolute atomic E-state index is 12.5. The highest BCUT2D eigenvalue weighted by Crippen LogP contribution is 2.22. The van der Waals surface area contributed by atoms with Crippen LogP contribution in [0.3, 0.4) is 0 Å². The Morgan fingerprint density at radius 1 is 1.38 bits per heavy atom. The summed E-state index contributed by atoms with van der Waals surface area (Å²) in [5, 5.41) is 8.28. The SMILES string of the molecule is CCNc1cc(C(=O)NC(CC)c2cccs2)cc(C)n1. The summed E-state index contributed by atoms with van der Waals surface area (Å²) in [5.41, 5.74) is 1.48. The molecule has 2 heterocycles. The minimum absolute atomic E-state index is 0.0556. The van der Waals surface area contributed by atoms with Crippen LogP contribution < -0.4 is 10.6 Å². The molecule has 4 nitrogen and oxygen atoms in total. The van der Waals surface area contributed by atoms with Gasteiger partial charge >= 0.3 is 0 Å². The van der Waals surface area contributed by atoms with Crippen LogP contribution in [0.1, 0.15) is 47.2 Å². The number of carbonyl (C=O) groups excluding carboxylic acids is 1. The molecule has 1 amide bonds. The lowest BCUT2D eigenvalue weighted by Crippen LogP contribution is -2.27. The summed E-state index contributed by atoms with van der Waals surface area (Å²) >= 11 is 1.67. The smallest absolute Gasteiger partial charge is 0.251 e. The van der Waals surface area contributed by atoms with E-state index < -0.39 is 0 Å². The van der Waals surface area contributed by atoms with Gasteiger partial charge < -0.3 is 10.6 Å². The van der Waals surface area contributed by atoms with Crippen LogP contribution >= 0.6 is 11.3 Å². The van der Waals surface area contributed by atoms with Crippen molar-refractivity contribution in [3.05, 3.63) is 45.8 Å². The van der Waals surface area contributed by atoms with Crippen LogP contribution in [0.15, 0.2) is 29.6 Å². The van der Waals surface area contributed by atoms with Gasteiger partial charge in [0.2, 0.25) is 0 Å². The van der Waals surface area contributed by atoms with Gasteiger partial charge in [0.1, 0.15) is 5.82 Å². The predicted molar refractivity (Wildman–Crippen MR) is 88.0 cm³/mol. The second-order valence-corrected chi connectivity index (χ2v) is 5.84. The Bertz CT molecular complexity index is 596. The lowest BCUT2D eigenvalue weighted by molar-refractivity contribution is 0.0936. The van der Waals surface area contributed by atoms with Crippen molar-refractivity contribution in [2.75, 3.05) is 11.9 Å². The molecule has 112 valence electrons. The number of thiophene rings is 1. The van der Waals surface area contributed by atoms with Crippen LogP contribution in [0, 0.1) is 6.92 Å². The Morgan fingerprint density at radius 3 is 2.81 bits per heavy atom. The van der Waals surface area contributed by atoms with Gasteiger partial charge in [0.05, 0.1) is 6.04 Å². The number of pyridine rings is 1. The van der Waals surface area contributed by atoms with Crippen LogP contribution in [0.2, 0.25) is 0 Å². The Kier molecular flexibility index (Phi) is 5.33. The van der Waals surface area contributed by atoms with Crippen molar-refractivity contribution in [2.45, 2.75) is 33.2 Å². The molecule has 0 radical (unpaired) electrons. The molecule has 0 aliphatic carbocycles. The molecule has 2 rings (SSSR count). The number of nitrogens with zero attached hydrogens (tertiary/aromatic N) is 1. The molecule has 0 spiro atoms. The summed E-state index contributed by atoms with van der Waals surface area (Å²) in [7, 11) is 0. The minimum atomic E-state index is -0.0556. The van der Waals surface area contributed by atoms with Crippen molar-refractivity contribution >= 4 is 23.1 Å². The van der Waals surface area contributed by atoms with Crippen molar-refractivity contribution in [3.8, 4) is 0 Å². The number of amides is 1. The fraction of sp³-hybridized carbons (Fsp3) is 0.375. The topological polar surface area (TPSA) is 54.0 Å². The van der Waals surface area contributed by atoms with E-state index in [9.17, 15) is 4.79 Å². The average molecular weight is 303 g/mol. The number of hydrogen-bond acceptors (Lipinski definition) is 4. The molecule has 21 heavy (non-hydrogen) atoms. The summed E-state index contributed by atoms with van der Waals surface area (Å²) < 4.78 is 0. The Hall–Kier alpha value is -1.88. The molecule has 2 aromatic rings. The lowest BCUT2D eigenvalue weighted by atomic mass is 10.1. The molecule has 0 bridgehead atoms. The molecule has 0 aromatic carbocycles. The molecule has 2 aromatic heterocycles. The van der Waals surface area contributed by atoms with Gasteiger partial charge in [0.15, 0.2) is 0 Å². The number of rotatable bonds is 6. The van der Waals surface area contributed by atoms with E-state index >= 15 is 0 Å². The van der Waals surface area contributed by atoms with Crippen molar-refractivity contribution in [2.24, 2.45) is 0 Å². The van der Waals surface area contributed by atoms with Crippen LogP contribution in [-0.4, -0.2) is 17.4 Å². The van der Waals surface area contributed by atoms with Gasteiger partial charge in [0.25, 0.3) is 5.91 Å². The monoisotopic (exact) mass is 303 g/mol. The fourth-order valence-corrected chi connectivity index (χ4v) is 3.04. The van der Waals surface area contributed by atoms with Crippen molar-refractivity contribution in [3.63, 3.8) is 0 Å². The molecule has 0 fully saturated rings. The highest BCUT2D eigenvalue weighted by Gasteiger charge is 2.15. The number of carbonyl (C=O) groups is 1. The second-order valence-electron chi connectivity index (χ2n) is 4.86. The molecule has 0 saturated heterocycles. The highest BCUT2D eigenvalue weighted by molar-refractivity contribution is 7.10. The van der Waals surface area contributed by atoms with Gasteiger partial charge in [0, 0.05) is 22.7 Å². The van der Waals surface area contributed by atoms with Gasteiger partial charge in [-0.05, 0) is 43.8 Å². The van der Waals surface area contributed by atoms with Crippen LogP contribution in [0.25, 0.3) is 0 Å². The van der Waals surface area contributed by atoms with E-state index in [-0.39, 0.29) is 11.9 Å². The number of anilines is 1. The van der Waals surface area contributed by atoms with E-state index in [2.05, 4.69) is 28.6 Å². The third-order valence-corrected chi connectivity index (χ3v) is 4.16. The van der Waals surface area contributed by atoms with E-state index in [0.717, 1.165) is 24.5 Å². The summed E-state index contributed by atoms with van der Waals surface area (Å²) in [6.45, 7) is 6.76. The van der Waals surface area contributed by atoms with Gasteiger partial charge in [-0.2, -0.15) is 0 Å². The summed E-state index contributed by atoms with van der Waals surface area (Å²) in [6, 6.07) is 7.74. The first kappa shape index (κ1) is 15.5. The normalized spacial score (nSPS) is 12.0. The molecular weight excluding hydrogens is 282 g/mol. The fourth-order valence-electron chi connectivity index (χ4n) is 2.18. The van der Waals surface area contributed by atoms with E-state index in [1.54, 1.807) is 17.4 Å². The summed E-state index contributed by atoms with van der Waals surface area (Å²) in [6.07, 6.45) is 0.871. The minimum Gasteiger partial charge on any atom is -0.370 e. The average Bonchev–Trinajstić information content (AvgIpc) is 2.98. The Labute approximate surface area is 129 Å². The molecule has 1 atom stereocenters. The second kappa shape index (κ2) is 7.22. The molecular formula is C16H21N3OS. The Balaban J connectivity index is 2.15. The number of nitrogens with one attached hydrogen (secondary N) is 2. The molecule has 0 aliphatic rings. The first-order valence-corrected chi connectivity index (χ1v) is 8.08. The lowest BCUT2D eigenvalue weighted by Gasteiger charge is -2.16. The van der Waals surface area contributed by atoms with Crippen molar-refractivity contribution < 1.29 is 4.79 Å². The highest BCUT2D eigenvalue weighted by atomic mass is 32.1. The molecule has 5 heteroatoms. The maximum Gasteiger partial charge on any atom is 0.251 e. The zero-order chi connectivity index (χ0) is 15.2. The van der Waals surface area contributed by atoms with Gasteiger partial charge in [-0.15, -0.1) is 11.3 Å². The zero-order valence-corrected chi connectivity index (χ0v) is 13.5. The predicted octanol–water partition coefficient (Wildman–Crippen LogP) is 3.76. The van der Waals surface area contributed by atoms with Crippen LogP contribution in [0.5, 0.6) is 0 Å². The van der Waals surface area contributed by atoms with Crippen molar-refractivity contribution in [1.82, 2.24) is 10.3 Å². The molecule has 0 saturated carbocycles. The summed E-state index contributed by atoms with van der Waals surface area (Å²) in [4.78, 5) is 18.0. The zero-order valence-electron chi connectivity index (χ0n) is 12.6. The van der Waals surface area contributed by atoms with E-state index in [1.165, 1.54) is 4.88 Å². The van der Waals surface area contributed by atoms with Crippen molar-refractivity contribution in [1.29, 1.82) is 0 Å². The van der Waals surface area contributed by atoms with Gasteiger partial charge in [-0.3, -0.25) is 4.79 Å². The quantitative estimate of drug-likeness (QED) is 0.854. The maximum atomic E-state index is 12.5. The van der Waals surface area contributed by atoms with E-state index in [1.807, 2.05) is 31.4 Å². The van der Waals surface area contributed by atoms with E-state index in [4.69, 9.17) is 0 Å². The Morgan fingerprint density at radius 2 is 2.19 bits per heavy atom. The third kappa shape index (κ3) is 4.04. The molecule has 0 aliphatic heterocycles. The number of aryl methyl sites for hydroxylation is 1. The van der Waals surface area contributed by atoms with Crippen LogP contribution in [0.4, 0.5) is 5.82 Å². The van der Waals surface area contributed by atoms with Gasteiger partial charge in [-0.1, -0.05) is 13.0 Å². The first-order valence-electron chi connectivity index (χ1n) is 7.20. The number of hydrogen-bond donors (Lipinski definition) is 2. The number of aromatic nitrogens is 1. The largest absolute Gasteiger partial charge is 0.370 e. The van der Waals surface area contributed by atoms with Crippen LogP contribution in [-0.2, 0) is 0 Å².